The molecule has 0 aliphatic heterocycles. The molecule has 2 aromatic carbocycles. The number of rotatable bonds is 7. The maximum atomic E-state index is 12.3. The topological polar surface area (TPSA) is 85.1 Å². The first-order valence-corrected chi connectivity index (χ1v) is 11.0. The van der Waals surface area contributed by atoms with Gasteiger partial charge in [0.1, 0.15) is 0 Å². The van der Waals surface area contributed by atoms with Gasteiger partial charge in [-0.25, -0.2) is 13.1 Å². The van der Waals surface area contributed by atoms with Crippen LogP contribution in [0.25, 0.3) is 11.4 Å². The molecule has 0 atom stereocenters. The van der Waals surface area contributed by atoms with Crippen molar-refractivity contribution in [3.63, 3.8) is 0 Å². The van der Waals surface area contributed by atoms with Gasteiger partial charge in [-0.15, -0.1) is 0 Å². The summed E-state index contributed by atoms with van der Waals surface area (Å²) < 4.78 is 32.2. The third kappa shape index (κ3) is 5.32. The molecule has 28 heavy (non-hydrogen) atoms. The predicted molar refractivity (Wildman–Crippen MR) is 110 cm³/mol. The zero-order valence-corrected chi connectivity index (χ0v) is 17.6. The van der Waals surface area contributed by atoms with Gasteiger partial charge in [0.15, 0.2) is 0 Å². The highest BCUT2D eigenvalue weighted by Gasteiger charge is 2.16. The lowest BCUT2D eigenvalue weighted by molar-refractivity contribution is 0.376. The Bertz CT molecular complexity index is 1060. The Balaban J connectivity index is 1.64. The zero-order valence-electron chi connectivity index (χ0n) is 15.3. The zero-order chi connectivity index (χ0) is 20.3. The van der Waals surface area contributed by atoms with E-state index in [4.69, 9.17) is 27.7 Å². The van der Waals surface area contributed by atoms with E-state index < -0.39 is 10.0 Å². The van der Waals surface area contributed by atoms with Crippen LogP contribution in [0.2, 0.25) is 10.0 Å². The van der Waals surface area contributed by atoms with Crippen molar-refractivity contribution in [2.75, 3.05) is 0 Å². The van der Waals surface area contributed by atoms with Gasteiger partial charge in [-0.3, -0.25) is 0 Å². The first-order chi connectivity index (χ1) is 13.2. The number of halogens is 2. The molecule has 0 unspecified atom stereocenters. The molecule has 3 aromatic rings. The van der Waals surface area contributed by atoms with E-state index >= 15 is 0 Å². The summed E-state index contributed by atoms with van der Waals surface area (Å²) in [7, 11) is -3.64. The Morgan fingerprint density at radius 3 is 2.46 bits per heavy atom. The first-order valence-electron chi connectivity index (χ1n) is 8.58. The van der Waals surface area contributed by atoms with Gasteiger partial charge in [0.25, 0.3) is 0 Å². The standard InChI is InChI=1S/C19H19Cl2N3O3S/c1-12(2)13-3-5-14(6-4-13)19-23-18(27-24-19)10-22-28(25,26)11-15-7-8-16(20)9-17(15)21/h3-9,12,22H,10-11H2,1-2H3. The van der Waals surface area contributed by atoms with Crippen LogP contribution in [0, 0.1) is 0 Å². The fourth-order valence-electron chi connectivity index (χ4n) is 2.53. The molecule has 3 rings (SSSR count). The number of aromatic nitrogens is 2. The number of nitrogens with one attached hydrogen (secondary N) is 1. The van der Waals surface area contributed by atoms with Crippen LogP contribution < -0.4 is 4.72 Å². The molecule has 0 aliphatic carbocycles. The quantitative estimate of drug-likeness (QED) is 0.571. The second-order valence-corrected chi connectivity index (χ2v) is 9.25. The van der Waals surface area contributed by atoms with Crippen molar-refractivity contribution >= 4 is 33.2 Å². The van der Waals surface area contributed by atoms with Crippen molar-refractivity contribution in [1.29, 1.82) is 0 Å². The summed E-state index contributed by atoms with van der Waals surface area (Å²) in [5.41, 5.74) is 2.46. The number of benzene rings is 2. The van der Waals surface area contributed by atoms with Crippen LogP contribution in [0.3, 0.4) is 0 Å². The van der Waals surface area contributed by atoms with Crippen LogP contribution in [-0.2, 0) is 22.3 Å². The third-order valence-electron chi connectivity index (χ3n) is 4.11. The van der Waals surface area contributed by atoms with Gasteiger partial charge in [0.05, 0.1) is 12.3 Å². The minimum atomic E-state index is -3.64. The molecule has 0 bridgehead atoms. The van der Waals surface area contributed by atoms with Gasteiger partial charge in [-0.05, 0) is 29.2 Å². The van der Waals surface area contributed by atoms with E-state index in [-0.39, 0.29) is 18.2 Å². The van der Waals surface area contributed by atoms with Gasteiger partial charge < -0.3 is 4.52 Å². The number of hydrogen-bond acceptors (Lipinski definition) is 5. The monoisotopic (exact) mass is 439 g/mol. The van der Waals surface area contributed by atoms with E-state index in [2.05, 4.69) is 28.7 Å². The molecule has 6 nitrogen and oxygen atoms in total. The molecule has 1 heterocycles. The maximum absolute atomic E-state index is 12.3. The molecule has 0 spiro atoms. The van der Waals surface area contributed by atoms with Gasteiger partial charge in [0.2, 0.25) is 21.7 Å². The maximum Gasteiger partial charge on any atom is 0.242 e. The predicted octanol–water partition coefficient (Wildman–Crippen LogP) is 4.79. The number of sulfonamides is 1. The third-order valence-corrected chi connectivity index (χ3v) is 5.97. The molecule has 1 aromatic heterocycles. The van der Waals surface area contributed by atoms with E-state index in [1.54, 1.807) is 12.1 Å². The highest BCUT2D eigenvalue weighted by Crippen LogP contribution is 2.23. The molecule has 0 radical (unpaired) electrons. The van der Waals surface area contributed by atoms with E-state index in [9.17, 15) is 8.42 Å². The summed E-state index contributed by atoms with van der Waals surface area (Å²) in [5.74, 6) is 0.734. The smallest absolute Gasteiger partial charge is 0.242 e. The van der Waals surface area contributed by atoms with Gasteiger partial charge in [0, 0.05) is 15.6 Å². The Labute approximate surface area is 173 Å². The van der Waals surface area contributed by atoms with E-state index in [1.807, 2.05) is 24.3 Å². The molecule has 1 N–H and O–H groups in total. The largest absolute Gasteiger partial charge is 0.338 e. The van der Waals surface area contributed by atoms with Crippen LogP contribution in [0.1, 0.15) is 36.8 Å². The van der Waals surface area contributed by atoms with E-state index in [0.29, 0.717) is 27.4 Å². The van der Waals surface area contributed by atoms with E-state index in [0.717, 1.165) is 5.56 Å². The van der Waals surface area contributed by atoms with Crippen LogP contribution >= 0.6 is 23.2 Å². The molecule has 148 valence electrons. The molecule has 0 saturated carbocycles. The van der Waals surface area contributed by atoms with Crippen LogP contribution in [0.5, 0.6) is 0 Å². The summed E-state index contributed by atoms with van der Waals surface area (Å²) in [6.45, 7) is 4.13. The average molecular weight is 440 g/mol. The molecule has 9 heteroatoms. The molecular formula is C19H19Cl2N3O3S. The lowest BCUT2D eigenvalue weighted by Gasteiger charge is -2.07. The summed E-state index contributed by atoms with van der Waals surface area (Å²) in [5, 5.41) is 4.65. The number of hydrogen-bond donors (Lipinski definition) is 1. The SMILES string of the molecule is CC(C)c1ccc(-c2noc(CNS(=O)(=O)Cc3ccc(Cl)cc3Cl)n2)cc1. The highest BCUT2D eigenvalue weighted by atomic mass is 35.5. The summed E-state index contributed by atoms with van der Waals surface area (Å²) in [6.07, 6.45) is 0. The minimum absolute atomic E-state index is 0.107. The lowest BCUT2D eigenvalue weighted by atomic mass is 10.0. The van der Waals surface area contributed by atoms with Crippen molar-refractivity contribution in [2.45, 2.75) is 32.1 Å². The Morgan fingerprint density at radius 1 is 1.11 bits per heavy atom. The van der Waals surface area contributed by atoms with Crippen molar-refractivity contribution < 1.29 is 12.9 Å². The fourth-order valence-corrected chi connectivity index (χ4v) is 4.19. The second kappa shape index (κ2) is 8.61. The van der Waals surface area contributed by atoms with Gasteiger partial charge in [-0.2, -0.15) is 4.98 Å². The van der Waals surface area contributed by atoms with Crippen molar-refractivity contribution in [1.82, 2.24) is 14.9 Å². The number of nitrogens with zero attached hydrogens (tertiary/aromatic N) is 2. The molecule has 0 saturated heterocycles. The Hall–Kier alpha value is -1.93. The van der Waals surface area contributed by atoms with Crippen molar-refractivity contribution in [3.8, 4) is 11.4 Å². The average Bonchev–Trinajstić information content (AvgIpc) is 3.12. The summed E-state index contributed by atoms with van der Waals surface area (Å²) >= 11 is 11.9. The highest BCUT2D eigenvalue weighted by molar-refractivity contribution is 7.88. The Morgan fingerprint density at radius 2 is 1.82 bits per heavy atom. The van der Waals surface area contributed by atoms with E-state index in [1.165, 1.54) is 11.6 Å². The van der Waals surface area contributed by atoms with Crippen molar-refractivity contribution in [3.05, 3.63) is 69.5 Å². The van der Waals surface area contributed by atoms with Crippen LogP contribution in [-0.4, -0.2) is 18.6 Å². The van der Waals surface area contributed by atoms with Crippen molar-refractivity contribution in [2.24, 2.45) is 0 Å². The normalized spacial score (nSPS) is 11.9. The summed E-state index contributed by atoms with van der Waals surface area (Å²) in [4.78, 5) is 4.25. The van der Waals surface area contributed by atoms with Crippen LogP contribution in [0.15, 0.2) is 47.0 Å². The fraction of sp³-hybridized carbons (Fsp3) is 0.263. The molecule has 0 amide bonds. The lowest BCUT2D eigenvalue weighted by Crippen LogP contribution is -2.25. The molecular weight excluding hydrogens is 421 g/mol. The van der Waals surface area contributed by atoms with Gasteiger partial charge in [-0.1, -0.05) is 72.5 Å². The first kappa shape index (κ1) is 20.8. The van der Waals surface area contributed by atoms with Gasteiger partial charge >= 0.3 is 0 Å². The second-order valence-electron chi connectivity index (χ2n) is 6.60. The molecule has 0 aliphatic rings. The molecule has 0 fully saturated rings. The summed E-state index contributed by atoms with van der Waals surface area (Å²) in [6, 6.07) is 12.5. The minimum Gasteiger partial charge on any atom is -0.338 e. The Kier molecular flexibility index (Phi) is 6.40. The van der Waals surface area contributed by atoms with Crippen LogP contribution in [0.4, 0.5) is 0 Å².